The third kappa shape index (κ3) is 2.45. The number of anilines is 2. The topological polar surface area (TPSA) is 80.0 Å². The van der Waals surface area contributed by atoms with Crippen LogP contribution in [0.2, 0.25) is 0 Å². The van der Waals surface area contributed by atoms with Crippen LogP contribution in [0, 0.1) is 0 Å². The van der Waals surface area contributed by atoms with Crippen molar-refractivity contribution in [2.24, 2.45) is 0 Å². The van der Waals surface area contributed by atoms with Crippen molar-refractivity contribution in [2.45, 2.75) is 18.9 Å². The van der Waals surface area contributed by atoms with Gasteiger partial charge in [-0.05, 0) is 25.0 Å². The van der Waals surface area contributed by atoms with E-state index in [0.29, 0.717) is 6.04 Å². The molecule has 0 atom stereocenters. The molecule has 0 saturated carbocycles. The zero-order valence-corrected chi connectivity index (χ0v) is 12.0. The highest BCUT2D eigenvalue weighted by Crippen LogP contribution is 2.27. The Balaban J connectivity index is 1.45. The highest BCUT2D eigenvalue weighted by Gasteiger charge is 2.23. The normalized spacial score (nSPS) is 16.1. The summed E-state index contributed by atoms with van der Waals surface area (Å²) in [6.07, 6.45) is 8.75. The molecule has 0 radical (unpaired) electrons. The molecule has 1 aliphatic heterocycles. The fourth-order valence-electron chi connectivity index (χ4n) is 2.82. The van der Waals surface area contributed by atoms with Crippen LogP contribution in [0.3, 0.4) is 0 Å². The minimum atomic E-state index is 0.412. The lowest BCUT2D eigenvalue weighted by Gasteiger charge is -2.32. The van der Waals surface area contributed by atoms with E-state index in [1.54, 1.807) is 25.0 Å². The summed E-state index contributed by atoms with van der Waals surface area (Å²) >= 11 is 0. The second kappa shape index (κ2) is 5.59. The molecule has 0 spiro atoms. The van der Waals surface area contributed by atoms with Crippen molar-refractivity contribution in [3.63, 3.8) is 0 Å². The summed E-state index contributed by atoms with van der Waals surface area (Å²) in [6, 6.07) is 4.22. The smallest absolute Gasteiger partial charge is 0.195 e. The van der Waals surface area contributed by atoms with Crippen molar-refractivity contribution < 1.29 is 4.42 Å². The number of hydrogen-bond acceptors (Lipinski definition) is 7. The number of nitrogens with zero attached hydrogens (tertiary/aromatic N) is 5. The van der Waals surface area contributed by atoms with Gasteiger partial charge in [0.1, 0.15) is 12.1 Å². The molecular formula is C15H16N6O. The van der Waals surface area contributed by atoms with E-state index in [1.165, 1.54) is 0 Å². The van der Waals surface area contributed by atoms with Crippen molar-refractivity contribution in [1.29, 1.82) is 0 Å². The molecule has 3 aromatic rings. The lowest BCUT2D eigenvalue weighted by molar-refractivity contribution is 0.517. The molecule has 0 unspecified atom stereocenters. The Morgan fingerprint density at radius 2 is 2.14 bits per heavy atom. The summed E-state index contributed by atoms with van der Waals surface area (Å²) < 4.78 is 5.55. The fourth-order valence-corrected chi connectivity index (χ4v) is 2.82. The van der Waals surface area contributed by atoms with E-state index in [0.717, 1.165) is 48.5 Å². The van der Waals surface area contributed by atoms with E-state index >= 15 is 0 Å². The summed E-state index contributed by atoms with van der Waals surface area (Å²) in [7, 11) is 0. The molecule has 0 bridgehead atoms. The minimum absolute atomic E-state index is 0.412. The average Bonchev–Trinajstić information content (AvgIpc) is 3.05. The lowest BCUT2D eigenvalue weighted by Crippen LogP contribution is -2.39. The first kappa shape index (κ1) is 13.0. The van der Waals surface area contributed by atoms with Crippen molar-refractivity contribution in [1.82, 2.24) is 20.2 Å². The van der Waals surface area contributed by atoms with Gasteiger partial charge in [0.25, 0.3) is 0 Å². The van der Waals surface area contributed by atoms with Gasteiger partial charge in [-0.25, -0.2) is 9.97 Å². The molecule has 1 aliphatic rings. The monoisotopic (exact) mass is 296 g/mol. The number of hydrogen-bond donors (Lipinski definition) is 1. The first-order valence-electron chi connectivity index (χ1n) is 7.36. The zero-order valence-electron chi connectivity index (χ0n) is 12.0. The second-order valence-electron chi connectivity index (χ2n) is 5.37. The Morgan fingerprint density at radius 3 is 2.95 bits per heavy atom. The average molecular weight is 296 g/mol. The maximum absolute atomic E-state index is 5.55. The number of nitrogens with one attached hydrogen (secondary N) is 1. The summed E-state index contributed by atoms with van der Waals surface area (Å²) in [4.78, 5) is 10.4. The van der Waals surface area contributed by atoms with E-state index in [1.807, 2.05) is 12.1 Å². The van der Waals surface area contributed by atoms with Gasteiger partial charge in [-0.2, -0.15) is 5.10 Å². The van der Waals surface area contributed by atoms with E-state index in [-0.39, 0.29) is 0 Å². The minimum Gasteiger partial charge on any atom is -0.460 e. The van der Waals surface area contributed by atoms with Gasteiger partial charge in [0.2, 0.25) is 0 Å². The van der Waals surface area contributed by atoms with Crippen LogP contribution in [0.15, 0.2) is 41.5 Å². The summed E-state index contributed by atoms with van der Waals surface area (Å²) in [5.41, 5.74) is 0.817. The van der Waals surface area contributed by atoms with Crippen LogP contribution in [0.5, 0.6) is 0 Å². The molecule has 0 aromatic carbocycles. The maximum Gasteiger partial charge on any atom is 0.195 e. The molecule has 0 aliphatic carbocycles. The van der Waals surface area contributed by atoms with Gasteiger partial charge < -0.3 is 14.6 Å². The molecule has 4 heterocycles. The Morgan fingerprint density at radius 1 is 1.23 bits per heavy atom. The lowest BCUT2D eigenvalue weighted by atomic mass is 10.0. The third-order valence-electron chi connectivity index (χ3n) is 3.98. The first-order chi connectivity index (χ1) is 10.9. The van der Waals surface area contributed by atoms with Crippen LogP contribution in [-0.2, 0) is 0 Å². The molecular weight excluding hydrogens is 280 g/mol. The molecule has 0 amide bonds. The predicted molar refractivity (Wildman–Crippen MR) is 82.7 cm³/mol. The third-order valence-corrected chi connectivity index (χ3v) is 3.98. The van der Waals surface area contributed by atoms with E-state index in [2.05, 4.69) is 30.4 Å². The zero-order chi connectivity index (χ0) is 14.8. The van der Waals surface area contributed by atoms with Crippen molar-refractivity contribution >= 4 is 22.6 Å². The van der Waals surface area contributed by atoms with Crippen LogP contribution in [0.1, 0.15) is 12.8 Å². The molecule has 22 heavy (non-hydrogen) atoms. The van der Waals surface area contributed by atoms with Gasteiger partial charge in [0.15, 0.2) is 11.4 Å². The SMILES string of the molecule is c1cc(NC2CCN(c3nncc4ccoc34)CC2)ncn1. The fraction of sp³-hybridized carbons (Fsp3) is 0.333. The molecule has 4 rings (SSSR count). The van der Waals surface area contributed by atoms with E-state index in [9.17, 15) is 0 Å². The predicted octanol–water partition coefficient (Wildman–Crippen LogP) is 2.09. The van der Waals surface area contributed by atoms with Crippen LogP contribution in [0.25, 0.3) is 11.0 Å². The molecule has 7 nitrogen and oxygen atoms in total. The van der Waals surface area contributed by atoms with E-state index in [4.69, 9.17) is 4.42 Å². The van der Waals surface area contributed by atoms with Gasteiger partial charge in [0, 0.05) is 30.7 Å². The quantitative estimate of drug-likeness (QED) is 0.792. The Labute approximate surface area is 127 Å². The van der Waals surface area contributed by atoms with Crippen molar-refractivity contribution in [3.05, 3.63) is 37.1 Å². The van der Waals surface area contributed by atoms with Crippen molar-refractivity contribution in [2.75, 3.05) is 23.3 Å². The molecule has 7 heteroatoms. The van der Waals surface area contributed by atoms with Crippen LogP contribution >= 0.6 is 0 Å². The Bertz CT molecular complexity index is 751. The number of fused-ring (bicyclic) bond motifs is 1. The molecule has 112 valence electrons. The summed E-state index contributed by atoms with van der Waals surface area (Å²) in [5.74, 6) is 1.71. The molecule has 1 N–H and O–H groups in total. The van der Waals surface area contributed by atoms with Crippen molar-refractivity contribution in [3.8, 4) is 0 Å². The van der Waals surface area contributed by atoms with Gasteiger partial charge in [-0.15, -0.1) is 5.10 Å². The first-order valence-corrected chi connectivity index (χ1v) is 7.36. The van der Waals surface area contributed by atoms with Crippen LogP contribution in [-0.4, -0.2) is 39.3 Å². The molecule has 1 saturated heterocycles. The van der Waals surface area contributed by atoms with Gasteiger partial charge in [0.05, 0.1) is 12.5 Å². The highest BCUT2D eigenvalue weighted by atomic mass is 16.3. The number of piperidine rings is 1. The highest BCUT2D eigenvalue weighted by molar-refractivity contribution is 5.86. The van der Waals surface area contributed by atoms with E-state index < -0.39 is 0 Å². The number of rotatable bonds is 3. The molecule has 3 aromatic heterocycles. The Hall–Kier alpha value is -2.70. The van der Waals surface area contributed by atoms with Gasteiger partial charge in [-0.3, -0.25) is 0 Å². The van der Waals surface area contributed by atoms with Gasteiger partial charge >= 0.3 is 0 Å². The molecule has 1 fully saturated rings. The second-order valence-corrected chi connectivity index (χ2v) is 5.37. The standard InChI is InChI=1S/C15H16N6O/c1-5-16-10-17-13(1)19-12-2-6-21(7-3-12)15-14-11(4-8-22-14)9-18-20-15/h1,4-5,8-10,12H,2-3,6-7H2,(H,16,17,19). The Kier molecular flexibility index (Phi) is 3.30. The maximum atomic E-state index is 5.55. The van der Waals surface area contributed by atoms with Crippen LogP contribution in [0.4, 0.5) is 11.6 Å². The number of furan rings is 1. The van der Waals surface area contributed by atoms with Gasteiger partial charge in [-0.1, -0.05) is 0 Å². The number of aromatic nitrogens is 4. The summed E-state index contributed by atoms with van der Waals surface area (Å²) in [6.45, 7) is 1.83. The summed E-state index contributed by atoms with van der Waals surface area (Å²) in [5, 5.41) is 12.8. The largest absolute Gasteiger partial charge is 0.460 e. The van der Waals surface area contributed by atoms with Crippen LogP contribution < -0.4 is 10.2 Å².